The van der Waals surface area contributed by atoms with Crippen molar-refractivity contribution in [3.63, 3.8) is 0 Å². The standard InChI is InChI=1S/C14H19F2NO3/c1-3-20-11-7-6-10(15)12(13(11)16)14(19)17-9(2)5-4-8-18/h6-7,9,18H,3-5,8H2,1-2H3,(H,17,19). The highest BCUT2D eigenvalue weighted by Gasteiger charge is 2.22. The molecule has 6 heteroatoms. The maximum absolute atomic E-state index is 14.0. The predicted molar refractivity (Wildman–Crippen MR) is 70.8 cm³/mol. The van der Waals surface area contributed by atoms with Crippen molar-refractivity contribution in [2.75, 3.05) is 13.2 Å². The first-order valence-corrected chi connectivity index (χ1v) is 6.53. The van der Waals surface area contributed by atoms with Gasteiger partial charge in [-0.1, -0.05) is 0 Å². The molecule has 0 spiro atoms. The van der Waals surface area contributed by atoms with E-state index in [0.717, 1.165) is 12.1 Å². The molecule has 1 unspecified atom stereocenters. The monoisotopic (exact) mass is 287 g/mol. The van der Waals surface area contributed by atoms with Gasteiger partial charge in [0.2, 0.25) is 0 Å². The summed E-state index contributed by atoms with van der Waals surface area (Å²) < 4.78 is 32.6. The molecule has 0 aromatic heterocycles. The van der Waals surface area contributed by atoms with Crippen LogP contribution in [0.4, 0.5) is 8.78 Å². The molecule has 20 heavy (non-hydrogen) atoms. The van der Waals surface area contributed by atoms with Gasteiger partial charge in [0.15, 0.2) is 11.6 Å². The smallest absolute Gasteiger partial charge is 0.257 e. The summed E-state index contributed by atoms with van der Waals surface area (Å²) in [6, 6.07) is 1.87. The molecule has 1 aromatic rings. The van der Waals surface area contributed by atoms with E-state index in [-0.39, 0.29) is 25.0 Å². The summed E-state index contributed by atoms with van der Waals surface area (Å²) in [5.41, 5.74) is -0.646. The minimum atomic E-state index is -1.00. The average Bonchev–Trinajstić information content (AvgIpc) is 2.40. The summed E-state index contributed by atoms with van der Waals surface area (Å²) in [6.45, 7) is 3.59. The number of nitrogens with one attached hydrogen (secondary N) is 1. The van der Waals surface area contributed by atoms with Crippen molar-refractivity contribution in [3.05, 3.63) is 29.3 Å². The van der Waals surface area contributed by atoms with E-state index in [1.807, 2.05) is 0 Å². The molecule has 1 atom stereocenters. The SMILES string of the molecule is CCOc1ccc(F)c(C(=O)NC(C)CCCO)c1F. The molecule has 1 rings (SSSR count). The Hall–Kier alpha value is -1.69. The second-order valence-corrected chi connectivity index (χ2v) is 4.41. The van der Waals surface area contributed by atoms with E-state index < -0.39 is 23.1 Å². The molecule has 0 aliphatic rings. The Labute approximate surface area is 116 Å². The predicted octanol–water partition coefficient (Wildman–Crippen LogP) is 2.25. The van der Waals surface area contributed by atoms with Crippen molar-refractivity contribution in [2.24, 2.45) is 0 Å². The zero-order chi connectivity index (χ0) is 15.1. The molecular formula is C14H19F2NO3. The topological polar surface area (TPSA) is 58.6 Å². The summed E-state index contributed by atoms with van der Waals surface area (Å²) in [4.78, 5) is 11.9. The van der Waals surface area contributed by atoms with E-state index in [1.165, 1.54) is 0 Å². The highest BCUT2D eigenvalue weighted by Crippen LogP contribution is 2.23. The van der Waals surface area contributed by atoms with Crippen LogP contribution in [0.1, 0.15) is 37.0 Å². The Kier molecular flexibility index (Phi) is 6.38. The summed E-state index contributed by atoms with van der Waals surface area (Å²) in [7, 11) is 0. The van der Waals surface area contributed by atoms with Gasteiger partial charge < -0.3 is 15.2 Å². The van der Waals surface area contributed by atoms with Gasteiger partial charge in [-0.15, -0.1) is 0 Å². The van der Waals surface area contributed by atoms with Gasteiger partial charge in [0.1, 0.15) is 11.4 Å². The Morgan fingerprint density at radius 1 is 1.45 bits per heavy atom. The lowest BCUT2D eigenvalue weighted by Crippen LogP contribution is -2.34. The Bertz CT molecular complexity index is 466. The lowest BCUT2D eigenvalue weighted by molar-refractivity contribution is 0.0926. The van der Waals surface area contributed by atoms with Crippen LogP contribution in [0.15, 0.2) is 12.1 Å². The van der Waals surface area contributed by atoms with Gasteiger partial charge in [-0.3, -0.25) is 4.79 Å². The fourth-order valence-electron chi connectivity index (χ4n) is 1.77. The fraction of sp³-hybridized carbons (Fsp3) is 0.500. The van der Waals surface area contributed by atoms with E-state index in [4.69, 9.17) is 9.84 Å². The number of aliphatic hydroxyl groups excluding tert-OH is 1. The van der Waals surface area contributed by atoms with E-state index >= 15 is 0 Å². The Morgan fingerprint density at radius 2 is 2.15 bits per heavy atom. The Balaban J connectivity index is 2.89. The van der Waals surface area contributed by atoms with E-state index in [1.54, 1.807) is 13.8 Å². The molecule has 0 aliphatic carbocycles. The molecule has 0 bridgehead atoms. The highest BCUT2D eigenvalue weighted by molar-refractivity contribution is 5.95. The van der Waals surface area contributed by atoms with Crippen LogP contribution in [-0.4, -0.2) is 30.3 Å². The van der Waals surface area contributed by atoms with Crippen LogP contribution in [0.3, 0.4) is 0 Å². The zero-order valence-corrected chi connectivity index (χ0v) is 11.6. The summed E-state index contributed by atoms with van der Waals surface area (Å²) in [5, 5.41) is 11.2. The largest absolute Gasteiger partial charge is 0.491 e. The number of aliphatic hydroxyl groups is 1. The summed E-state index contributed by atoms with van der Waals surface area (Å²) in [5.74, 6) is -2.91. The fourth-order valence-corrected chi connectivity index (χ4v) is 1.77. The Morgan fingerprint density at radius 3 is 2.75 bits per heavy atom. The first-order chi connectivity index (χ1) is 9.51. The third kappa shape index (κ3) is 4.16. The van der Waals surface area contributed by atoms with Crippen molar-refractivity contribution in [2.45, 2.75) is 32.7 Å². The van der Waals surface area contributed by atoms with Crippen molar-refractivity contribution >= 4 is 5.91 Å². The van der Waals surface area contributed by atoms with E-state index in [9.17, 15) is 13.6 Å². The number of hydrogen-bond donors (Lipinski definition) is 2. The van der Waals surface area contributed by atoms with Crippen LogP contribution in [0.25, 0.3) is 0 Å². The van der Waals surface area contributed by atoms with Crippen molar-refractivity contribution in [1.82, 2.24) is 5.32 Å². The molecule has 4 nitrogen and oxygen atoms in total. The van der Waals surface area contributed by atoms with Crippen molar-refractivity contribution in [1.29, 1.82) is 0 Å². The van der Waals surface area contributed by atoms with Crippen molar-refractivity contribution < 1.29 is 23.4 Å². The number of hydrogen-bond acceptors (Lipinski definition) is 3. The molecule has 1 aromatic carbocycles. The number of amides is 1. The molecule has 0 saturated carbocycles. The van der Waals surface area contributed by atoms with Gasteiger partial charge in [0.05, 0.1) is 6.61 Å². The quantitative estimate of drug-likeness (QED) is 0.808. The third-order valence-corrected chi connectivity index (χ3v) is 2.76. The number of carbonyl (C=O) groups excluding carboxylic acids is 1. The van der Waals surface area contributed by atoms with Gasteiger partial charge in [0.25, 0.3) is 5.91 Å². The van der Waals surface area contributed by atoms with Crippen molar-refractivity contribution in [3.8, 4) is 5.75 Å². The van der Waals surface area contributed by atoms with Crippen LogP contribution in [-0.2, 0) is 0 Å². The molecule has 2 N–H and O–H groups in total. The van der Waals surface area contributed by atoms with Gasteiger partial charge >= 0.3 is 0 Å². The molecule has 0 heterocycles. The minimum Gasteiger partial charge on any atom is -0.491 e. The molecule has 1 amide bonds. The number of benzene rings is 1. The van der Waals surface area contributed by atoms with Crippen LogP contribution in [0.2, 0.25) is 0 Å². The zero-order valence-electron chi connectivity index (χ0n) is 11.6. The van der Waals surface area contributed by atoms with Crippen LogP contribution >= 0.6 is 0 Å². The second kappa shape index (κ2) is 7.79. The van der Waals surface area contributed by atoms with Gasteiger partial charge in [-0.25, -0.2) is 8.78 Å². The summed E-state index contributed by atoms with van der Waals surface area (Å²) in [6.07, 6.45) is 1.03. The maximum Gasteiger partial charge on any atom is 0.257 e. The number of rotatable bonds is 7. The first-order valence-electron chi connectivity index (χ1n) is 6.53. The first kappa shape index (κ1) is 16.4. The van der Waals surface area contributed by atoms with Gasteiger partial charge in [-0.2, -0.15) is 0 Å². The van der Waals surface area contributed by atoms with E-state index in [0.29, 0.717) is 12.8 Å². The summed E-state index contributed by atoms with van der Waals surface area (Å²) >= 11 is 0. The van der Waals surface area contributed by atoms with E-state index in [2.05, 4.69) is 5.32 Å². The number of carbonyl (C=O) groups is 1. The molecule has 0 radical (unpaired) electrons. The van der Waals surface area contributed by atoms with Crippen LogP contribution in [0.5, 0.6) is 5.75 Å². The molecule has 0 aliphatic heterocycles. The molecule has 0 saturated heterocycles. The molecule has 0 fully saturated rings. The lowest BCUT2D eigenvalue weighted by atomic mass is 10.1. The van der Waals surface area contributed by atoms with Gasteiger partial charge in [-0.05, 0) is 38.8 Å². The average molecular weight is 287 g/mol. The maximum atomic E-state index is 14.0. The number of ether oxygens (including phenoxy) is 1. The second-order valence-electron chi connectivity index (χ2n) is 4.41. The minimum absolute atomic E-state index is 0.00274. The third-order valence-electron chi connectivity index (χ3n) is 2.76. The van der Waals surface area contributed by atoms with Crippen LogP contribution in [0, 0.1) is 11.6 Å². The van der Waals surface area contributed by atoms with Crippen LogP contribution < -0.4 is 10.1 Å². The van der Waals surface area contributed by atoms with Gasteiger partial charge in [0, 0.05) is 12.6 Å². The molecular weight excluding hydrogens is 268 g/mol. The highest BCUT2D eigenvalue weighted by atomic mass is 19.1. The normalized spacial score (nSPS) is 12.1. The number of halogens is 2. The molecule has 112 valence electrons. The lowest BCUT2D eigenvalue weighted by Gasteiger charge is -2.15.